The molecule has 2 aliphatic heterocycles. The number of benzene rings is 2. The van der Waals surface area contributed by atoms with Crippen molar-refractivity contribution in [3.8, 4) is 5.75 Å². The van der Waals surface area contributed by atoms with E-state index in [1.165, 1.54) is 0 Å². The van der Waals surface area contributed by atoms with Gasteiger partial charge >= 0.3 is 0 Å². The van der Waals surface area contributed by atoms with E-state index >= 15 is 0 Å². The molecule has 0 aromatic heterocycles. The zero-order chi connectivity index (χ0) is 19.0. The van der Waals surface area contributed by atoms with Crippen LogP contribution in [0.3, 0.4) is 0 Å². The third-order valence-electron chi connectivity index (χ3n) is 4.71. The molecule has 0 bridgehead atoms. The van der Waals surface area contributed by atoms with Gasteiger partial charge in [-0.1, -0.05) is 41.6 Å². The molecule has 0 aliphatic carbocycles. The summed E-state index contributed by atoms with van der Waals surface area (Å²) in [5.74, 6) is 1.11. The van der Waals surface area contributed by atoms with Gasteiger partial charge in [0.15, 0.2) is 15.0 Å². The van der Waals surface area contributed by atoms with Crippen LogP contribution in [0.2, 0.25) is 5.02 Å². The van der Waals surface area contributed by atoms with Crippen molar-refractivity contribution in [3.05, 3.63) is 59.1 Å². The number of aliphatic imine (C=N–C) groups is 1. The lowest BCUT2D eigenvalue weighted by molar-refractivity contribution is 0.415. The fourth-order valence-electron chi connectivity index (χ4n) is 3.30. The zero-order valence-corrected chi connectivity index (χ0v) is 17.1. The average Bonchev–Trinajstić information content (AvgIpc) is 3.14. The maximum Gasteiger partial charge on any atom is 0.164 e. The fraction of sp³-hybridized carbons (Fsp3) is 0.316. The van der Waals surface area contributed by atoms with Gasteiger partial charge in [-0.15, -0.1) is 0 Å². The van der Waals surface area contributed by atoms with Crippen molar-refractivity contribution in [3.63, 3.8) is 0 Å². The number of nitrogens with zero attached hydrogens (tertiary/aromatic N) is 2. The van der Waals surface area contributed by atoms with E-state index in [0.29, 0.717) is 11.6 Å². The quantitative estimate of drug-likeness (QED) is 0.753. The monoisotopic (exact) mass is 422 g/mol. The summed E-state index contributed by atoms with van der Waals surface area (Å²) in [6, 6.07) is 15.3. The molecule has 0 N–H and O–H groups in total. The number of amidine groups is 1. The van der Waals surface area contributed by atoms with Crippen molar-refractivity contribution in [1.29, 1.82) is 0 Å². The maximum absolute atomic E-state index is 11.9. The summed E-state index contributed by atoms with van der Waals surface area (Å²) >= 11 is 7.91. The first-order valence-electron chi connectivity index (χ1n) is 8.55. The molecular weight excluding hydrogens is 404 g/mol. The molecule has 0 amide bonds. The summed E-state index contributed by atoms with van der Waals surface area (Å²) < 4.78 is 29.0. The molecular formula is C19H19ClN2O3S2. The van der Waals surface area contributed by atoms with E-state index in [-0.39, 0.29) is 22.8 Å². The number of anilines is 1. The van der Waals surface area contributed by atoms with Crippen LogP contribution in [0.4, 0.5) is 5.69 Å². The number of methoxy groups -OCH3 is 1. The second kappa shape index (κ2) is 7.37. The van der Waals surface area contributed by atoms with Crippen molar-refractivity contribution >= 4 is 44.1 Å². The van der Waals surface area contributed by atoms with Crippen LogP contribution in [0.25, 0.3) is 0 Å². The smallest absolute Gasteiger partial charge is 0.164 e. The van der Waals surface area contributed by atoms with Gasteiger partial charge in [-0.2, -0.15) is 0 Å². The molecule has 2 atom stereocenters. The van der Waals surface area contributed by atoms with E-state index < -0.39 is 9.84 Å². The summed E-state index contributed by atoms with van der Waals surface area (Å²) in [5.41, 5.74) is 1.95. The van der Waals surface area contributed by atoms with Crippen LogP contribution in [0.15, 0.2) is 53.5 Å². The van der Waals surface area contributed by atoms with Gasteiger partial charge in [0, 0.05) is 16.0 Å². The number of hydrogen-bond donors (Lipinski definition) is 0. The van der Waals surface area contributed by atoms with Crippen molar-refractivity contribution < 1.29 is 13.2 Å². The SMILES string of the molecule is COc1ccc(N(Cc2ccccc2Cl)C2=N[C@H]3CS(=O)(=O)C[C@H]3S2)cc1. The molecule has 27 heavy (non-hydrogen) atoms. The standard InChI is InChI=1S/C19H19ClN2O3S2/c1-25-15-8-6-14(7-9-15)22(10-13-4-2-3-5-16(13)20)19-21-17-11-27(23,24)12-18(17)26-19/h2-9,17-18H,10-12H2,1H3/t17-,18+/m0/s1. The van der Waals surface area contributed by atoms with Gasteiger partial charge in [0.25, 0.3) is 0 Å². The first-order valence-corrected chi connectivity index (χ1v) is 11.6. The Bertz CT molecular complexity index is 977. The lowest BCUT2D eigenvalue weighted by Gasteiger charge is -2.25. The van der Waals surface area contributed by atoms with E-state index in [0.717, 1.165) is 22.2 Å². The first kappa shape index (κ1) is 18.7. The molecule has 2 heterocycles. The summed E-state index contributed by atoms with van der Waals surface area (Å²) in [6.07, 6.45) is 0. The third-order valence-corrected chi connectivity index (χ3v) is 8.32. The Morgan fingerprint density at radius 1 is 1.19 bits per heavy atom. The van der Waals surface area contributed by atoms with E-state index in [2.05, 4.69) is 4.90 Å². The van der Waals surface area contributed by atoms with Crippen LogP contribution >= 0.6 is 23.4 Å². The van der Waals surface area contributed by atoms with Gasteiger partial charge in [0.2, 0.25) is 0 Å². The number of ether oxygens (including phenoxy) is 1. The molecule has 1 saturated heterocycles. The van der Waals surface area contributed by atoms with Crippen LogP contribution in [0.1, 0.15) is 5.56 Å². The Kier molecular flexibility index (Phi) is 5.09. The average molecular weight is 423 g/mol. The summed E-state index contributed by atoms with van der Waals surface area (Å²) in [4.78, 5) is 6.84. The Morgan fingerprint density at radius 2 is 1.93 bits per heavy atom. The van der Waals surface area contributed by atoms with Gasteiger partial charge in [0.05, 0.1) is 31.2 Å². The van der Waals surface area contributed by atoms with E-state index in [1.807, 2.05) is 48.5 Å². The molecule has 0 saturated carbocycles. The summed E-state index contributed by atoms with van der Waals surface area (Å²) in [6.45, 7) is 0.560. The molecule has 1 fully saturated rings. The van der Waals surface area contributed by atoms with Gasteiger partial charge in [-0.05, 0) is 35.9 Å². The minimum Gasteiger partial charge on any atom is -0.497 e. The first-order chi connectivity index (χ1) is 12.9. The number of fused-ring (bicyclic) bond motifs is 1. The Morgan fingerprint density at radius 3 is 2.59 bits per heavy atom. The van der Waals surface area contributed by atoms with E-state index in [4.69, 9.17) is 21.3 Å². The Labute approximate surface area is 168 Å². The molecule has 0 unspecified atom stereocenters. The second-order valence-corrected chi connectivity index (χ2v) is 10.4. The van der Waals surface area contributed by atoms with Crippen LogP contribution in [0, 0.1) is 0 Å². The van der Waals surface area contributed by atoms with Crippen molar-refractivity contribution in [2.45, 2.75) is 17.8 Å². The third kappa shape index (κ3) is 3.95. The normalized spacial score (nSPS) is 23.0. The molecule has 0 spiro atoms. The lowest BCUT2D eigenvalue weighted by atomic mass is 10.2. The van der Waals surface area contributed by atoms with Crippen LogP contribution in [-0.4, -0.2) is 43.5 Å². The van der Waals surface area contributed by atoms with E-state index in [9.17, 15) is 8.42 Å². The predicted molar refractivity (Wildman–Crippen MR) is 112 cm³/mol. The van der Waals surface area contributed by atoms with Crippen LogP contribution in [0.5, 0.6) is 5.75 Å². The number of halogens is 1. The minimum atomic E-state index is -2.98. The molecule has 142 valence electrons. The van der Waals surface area contributed by atoms with Crippen molar-refractivity contribution in [2.24, 2.45) is 4.99 Å². The fourth-order valence-corrected chi connectivity index (χ4v) is 7.28. The van der Waals surface area contributed by atoms with E-state index in [1.54, 1.807) is 18.9 Å². The minimum absolute atomic E-state index is 0.00278. The van der Waals surface area contributed by atoms with Gasteiger partial charge in [0.1, 0.15) is 5.75 Å². The molecule has 5 nitrogen and oxygen atoms in total. The molecule has 8 heteroatoms. The van der Waals surface area contributed by atoms with Crippen LogP contribution in [-0.2, 0) is 16.4 Å². The van der Waals surface area contributed by atoms with Gasteiger partial charge < -0.3 is 9.64 Å². The lowest BCUT2D eigenvalue weighted by Crippen LogP contribution is -2.28. The zero-order valence-electron chi connectivity index (χ0n) is 14.7. The van der Waals surface area contributed by atoms with Crippen molar-refractivity contribution in [1.82, 2.24) is 0 Å². The number of sulfone groups is 1. The Hall–Kier alpha value is -1.70. The van der Waals surface area contributed by atoms with Crippen molar-refractivity contribution in [2.75, 3.05) is 23.5 Å². The number of rotatable bonds is 4. The largest absolute Gasteiger partial charge is 0.497 e. The summed E-state index contributed by atoms with van der Waals surface area (Å²) in [5, 5.41) is 1.53. The number of thioether (sulfide) groups is 1. The highest BCUT2D eigenvalue weighted by molar-refractivity contribution is 8.15. The molecule has 2 aromatic rings. The molecule has 2 aromatic carbocycles. The topological polar surface area (TPSA) is 59.0 Å². The number of hydrogen-bond acceptors (Lipinski definition) is 6. The highest BCUT2D eigenvalue weighted by Crippen LogP contribution is 2.38. The molecule has 4 rings (SSSR count). The molecule has 2 aliphatic rings. The highest BCUT2D eigenvalue weighted by Gasteiger charge is 2.44. The maximum atomic E-state index is 11.9. The molecule has 0 radical (unpaired) electrons. The highest BCUT2D eigenvalue weighted by atomic mass is 35.5. The van der Waals surface area contributed by atoms with Gasteiger partial charge in [-0.3, -0.25) is 4.99 Å². The second-order valence-electron chi connectivity index (χ2n) is 6.59. The predicted octanol–water partition coefficient (Wildman–Crippen LogP) is 3.62. The van der Waals surface area contributed by atoms with Crippen LogP contribution < -0.4 is 9.64 Å². The Balaban J connectivity index is 1.67. The summed E-state index contributed by atoms with van der Waals surface area (Å²) in [7, 11) is -1.34. The van der Waals surface area contributed by atoms with Gasteiger partial charge in [-0.25, -0.2) is 8.42 Å².